The van der Waals surface area contributed by atoms with Crippen molar-refractivity contribution in [2.75, 3.05) is 0 Å². The maximum atomic E-state index is 4.19. The van der Waals surface area contributed by atoms with Crippen LogP contribution in [-0.2, 0) is 0 Å². The number of hydrogen-bond acceptors (Lipinski definition) is 1. The summed E-state index contributed by atoms with van der Waals surface area (Å²) in [6.07, 6.45) is 7.56. The Balaban J connectivity index is 1.76. The molecule has 2 fully saturated rings. The van der Waals surface area contributed by atoms with E-state index in [1.165, 1.54) is 37.1 Å². The molecule has 0 atom stereocenters. The van der Waals surface area contributed by atoms with Crippen LogP contribution in [0.15, 0.2) is 16.9 Å². The molecule has 3 rings (SSSR count). The van der Waals surface area contributed by atoms with Crippen LogP contribution in [0.4, 0.5) is 0 Å². The van der Waals surface area contributed by atoms with Crippen molar-refractivity contribution >= 4 is 5.71 Å². The third-order valence-corrected chi connectivity index (χ3v) is 2.57. The average Bonchev–Trinajstić information content (AvgIpc) is 2.90. The van der Waals surface area contributed by atoms with Gasteiger partial charge < -0.3 is 0 Å². The van der Waals surface area contributed by atoms with Crippen LogP contribution < -0.4 is 5.43 Å². The van der Waals surface area contributed by atoms with Crippen molar-refractivity contribution in [1.29, 1.82) is 0 Å². The normalized spacial score (nSPS) is 29.5. The lowest BCUT2D eigenvalue weighted by Crippen LogP contribution is -1.92. The molecule has 0 unspecified atom stereocenters. The van der Waals surface area contributed by atoms with Gasteiger partial charge in [-0.25, -0.2) is 0 Å². The lowest BCUT2D eigenvalue weighted by atomic mass is 10.2. The molecule has 0 aromatic carbocycles. The molecule has 1 aliphatic heterocycles. The quantitative estimate of drug-likeness (QED) is 0.568. The topological polar surface area (TPSA) is 26.5 Å². The highest BCUT2D eigenvalue weighted by molar-refractivity contribution is 6.00. The monoisotopic (exact) mass is 147 g/mol. The zero-order chi connectivity index (χ0) is 7.26. The van der Waals surface area contributed by atoms with Crippen LogP contribution >= 0.6 is 0 Å². The van der Waals surface area contributed by atoms with Gasteiger partial charge in [-0.2, -0.15) is 10.5 Å². The summed E-state index contributed by atoms with van der Waals surface area (Å²) in [6, 6.07) is 0. The molecule has 0 aromatic heterocycles. The van der Waals surface area contributed by atoms with E-state index < -0.39 is 0 Å². The van der Waals surface area contributed by atoms with E-state index in [0.29, 0.717) is 0 Å². The van der Waals surface area contributed by atoms with Crippen LogP contribution in [0.3, 0.4) is 0 Å². The fraction of sp³-hybridized carbons (Fsp3) is 0.667. The highest BCUT2D eigenvalue weighted by Crippen LogP contribution is 2.39. The van der Waals surface area contributed by atoms with Gasteiger partial charge in [0.1, 0.15) is 0 Å². The van der Waals surface area contributed by atoms with Crippen molar-refractivity contribution in [2.45, 2.75) is 25.7 Å². The molecule has 2 nitrogen and oxygen atoms in total. The summed E-state index contributed by atoms with van der Waals surface area (Å²) in [5, 5.41) is 4.19. The van der Waals surface area contributed by atoms with Gasteiger partial charge in [0.25, 0.3) is 0 Å². The van der Waals surface area contributed by atoms with Gasteiger partial charge in [0.15, 0.2) is 0 Å². The third-order valence-electron chi connectivity index (χ3n) is 2.57. The predicted molar refractivity (Wildman–Crippen MR) is 43.1 cm³/mol. The maximum Gasteiger partial charge on any atom is 0.0680 e. The minimum Gasteiger partial charge on any atom is -0.155 e. The molecule has 57 valence electrons. The first-order chi connectivity index (χ1) is 5.43. The van der Waals surface area contributed by atoms with Crippen molar-refractivity contribution in [1.82, 2.24) is 5.43 Å². The minimum atomic E-state index is 0.773. The first kappa shape index (κ1) is 5.81. The largest absolute Gasteiger partial charge is 0.155 e. The molecule has 0 aromatic rings. The van der Waals surface area contributed by atoms with Crippen LogP contribution in [-0.4, -0.2) is 5.71 Å². The van der Waals surface area contributed by atoms with Crippen molar-refractivity contribution in [3.05, 3.63) is 11.8 Å². The van der Waals surface area contributed by atoms with Crippen LogP contribution in [0.2, 0.25) is 0 Å². The molecule has 1 heterocycles. The first-order valence-corrected chi connectivity index (χ1v) is 4.43. The van der Waals surface area contributed by atoms with E-state index in [1.54, 1.807) is 0 Å². The van der Waals surface area contributed by atoms with Gasteiger partial charge in [-0.05, 0) is 31.8 Å². The molecule has 2 saturated carbocycles. The number of hydrogen-bond donors (Lipinski definition) is 0. The molecule has 0 N–H and O–H groups in total. The molecule has 2 heteroatoms. The summed E-state index contributed by atoms with van der Waals surface area (Å²) in [7, 11) is 0. The zero-order valence-corrected chi connectivity index (χ0v) is 6.45. The van der Waals surface area contributed by atoms with Crippen molar-refractivity contribution < 1.29 is 0 Å². The fourth-order valence-electron chi connectivity index (χ4n) is 1.48. The fourth-order valence-corrected chi connectivity index (χ4v) is 1.48. The Morgan fingerprint density at radius 3 is 2.45 bits per heavy atom. The van der Waals surface area contributed by atoms with Gasteiger partial charge in [-0.15, -0.1) is 0 Å². The summed E-state index contributed by atoms with van der Waals surface area (Å²) in [4.78, 5) is 0. The molecule has 0 amide bonds. The van der Waals surface area contributed by atoms with Crippen molar-refractivity contribution in [2.24, 2.45) is 16.9 Å². The highest BCUT2D eigenvalue weighted by Gasteiger charge is 2.34. The second-order valence-corrected chi connectivity index (χ2v) is 3.74. The van der Waals surface area contributed by atoms with Gasteiger partial charge in [-0.3, -0.25) is 0 Å². The lowest BCUT2D eigenvalue weighted by molar-refractivity contribution is 0.795. The van der Waals surface area contributed by atoms with Crippen molar-refractivity contribution in [3.63, 3.8) is 0 Å². The summed E-state index contributed by atoms with van der Waals surface area (Å²) < 4.78 is 0. The van der Waals surface area contributed by atoms with E-state index in [-0.39, 0.29) is 0 Å². The van der Waals surface area contributed by atoms with E-state index in [0.717, 1.165) is 11.8 Å². The molecule has 2 aliphatic carbocycles. The Bertz CT molecular complexity index is 244. The van der Waals surface area contributed by atoms with E-state index in [9.17, 15) is 0 Å². The van der Waals surface area contributed by atoms with Crippen LogP contribution in [0.25, 0.3) is 0 Å². The second kappa shape index (κ2) is 1.87. The van der Waals surface area contributed by atoms with Gasteiger partial charge >= 0.3 is 0 Å². The van der Waals surface area contributed by atoms with E-state index >= 15 is 0 Å². The van der Waals surface area contributed by atoms with Crippen LogP contribution in [0, 0.1) is 11.8 Å². The molecule has 11 heavy (non-hydrogen) atoms. The number of allylic oxidation sites excluding steroid dienone is 2. The Hall–Kier alpha value is -0.790. The van der Waals surface area contributed by atoms with Gasteiger partial charge in [0.05, 0.1) is 11.4 Å². The van der Waals surface area contributed by atoms with Crippen LogP contribution in [0.5, 0.6) is 0 Å². The summed E-state index contributed by atoms with van der Waals surface area (Å²) in [5.41, 5.74) is 6.70. The van der Waals surface area contributed by atoms with Gasteiger partial charge in [0.2, 0.25) is 0 Å². The average molecular weight is 147 g/mol. The molecule has 0 saturated heterocycles. The second-order valence-electron chi connectivity index (χ2n) is 3.74. The van der Waals surface area contributed by atoms with Gasteiger partial charge in [-0.1, -0.05) is 0 Å². The zero-order valence-electron chi connectivity index (χ0n) is 6.45. The highest BCUT2D eigenvalue weighted by atomic mass is 15.3. The number of nitrogens with zero attached hydrogens (tertiary/aromatic N) is 2. The Morgan fingerprint density at radius 2 is 1.82 bits per heavy atom. The first-order valence-electron chi connectivity index (χ1n) is 4.43. The summed E-state index contributed by atoms with van der Waals surface area (Å²) in [6.45, 7) is 0. The van der Waals surface area contributed by atoms with E-state index in [4.69, 9.17) is 0 Å². The van der Waals surface area contributed by atoms with E-state index in [2.05, 4.69) is 16.6 Å². The lowest BCUT2D eigenvalue weighted by Gasteiger charge is -1.89. The van der Waals surface area contributed by atoms with Crippen molar-refractivity contribution in [3.8, 4) is 0 Å². The predicted octanol–water partition coefficient (Wildman–Crippen LogP) is 1.66. The number of rotatable bonds is 2. The van der Waals surface area contributed by atoms with E-state index in [1.807, 2.05) is 0 Å². The molecular weight excluding hydrogens is 136 g/mol. The Morgan fingerprint density at radius 1 is 1.09 bits per heavy atom. The van der Waals surface area contributed by atoms with Gasteiger partial charge in [0, 0.05) is 11.8 Å². The maximum absolute atomic E-state index is 4.19. The Kier molecular flexibility index (Phi) is 0.989. The minimum absolute atomic E-state index is 0.773. The standard InChI is InChI=1S/C9H11N2/c1-2-6(1)8-5-9(11-10-8)7-3-4-7/h5-7H,1-4H2. The molecular formula is C9H11N2. The Labute approximate surface area is 66.4 Å². The third kappa shape index (κ3) is 0.971. The summed E-state index contributed by atoms with van der Waals surface area (Å²) in [5.74, 6) is 1.55. The molecule has 3 aliphatic rings. The smallest absolute Gasteiger partial charge is 0.0680 e. The SMILES string of the molecule is C1=C(C2CC2)[N]N=C1C1CC1. The molecule has 1 radical (unpaired) electrons. The van der Waals surface area contributed by atoms with Crippen LogP contribution in [0.1, 0.15) is 25.7 Å². The molecule has 0 bridgehead atoms. The molecule has 0 spiro atoms. The summed E-state index contributed by atoms with van der Waals surface area (Å²) >= 11 is 0.